The molecule has 2 bridgehead atoms. The third-order valence-electron chi connectivity index (χ3n) is 7.39. The highest BCUT2D eigenvalue weighted by Crippen LogP contribution is 2.64. The fraction of sp³-hybridized carbons (Fsp3) is 0.200. The summed E-state index contributed by atoms with van der Waals surface area (Å²) in [5, 5.41) is 19.7. The van der Waals surface area contributed by atoms with Crippen LogP contribution in [0, 0.1) is 17.0 Å². The van der Waals surface area contributed by atoms with Gasteiger partial charge in [-0.25, -0.2) is 10.1 Å². The van der Waals surface area contributed by atoms with E-state index in [1.165, 1.54) is 17.0 Å². The molecule has 2 amide bonds. The van der Waals surface area contributed by atoms with Crippen LogP contribution in [-0.4, -0.2) is 17.0 Å². The van der Waals surface area contributed by atoms with Crippen LogP contribution in [0.1, 0.15) is 35.1 Å². The minimum atomic E-state index is -1.09. The highest BCUT2D eigenvalue weighted by Gasteiger charge is 2.66. The summed E-state index contributed by atoms with van der Waals surface area (Å²) in [6, 6.07) is 22.3. The largest absolute Gasteiger partial charge is 0.595 e. The number of quaternary nitrogens is 1. The van der Waals surface area contributed by atoms with E-state index < -0.39 is 22.5 Å². The summed E-state index contributed by atoms with van der Waals surface area (Å²) in [4.78, 5) is 28.8. The summed E-state index contributed by atoms with van der Waals surface area (Å²) >= 11 is 0. The van der Waals surface area contributed by atoms with E-state index in [1.54, 1.807) is 12.1 Å². The van der Waals surface area contributed by atoms with Gasteiger partial charge in [0, 0.05) is 23.5 Å². The first-order valence-electron chi connectivity index (χ1n) is 10.3. The van der Waals surface area contributed by atoms with E-state index >= 15 is 0 Å². The normalized spacial score (nSPS) is 28.9. The number of nitrogens with zero attached hydrogens (tertiary/aromatic N) is 1. The average Bonchev–Trinajstić information content (AvgIpc) is 3.06. The molecular formula is C25H20N2O4. The van der Waals surface area contributed by atoms with Gasteiger partial charge >= 0.3 is 0 Å². The summed E-state index contributed by atoms with van der Waals surface area (Å²) < 4.78 is 0. The lowest BCUT2D eigenvalue weighted by molar-refractivity contribution is -0.991. The molecule has 1 unspecified atom stereocenters. The van der Waals surface area contributed by atoms with E-state index in [-0.39, 0.29) is 23.4 Å². The smallest absolute Gasteiger partial charge is 0.238 e. The summed E-state index contributed by atoms with van der Waals surface area (Å²) in [5.74, 6) is -1.73. The van der Waals surface area contributed by atoms with Crippen LogP contribution in [0.2, 0.25) is 0 Å². The van der Waals surface area contributed by atoms with Crippen molar-refractivity contribution in [1.29, 1.82) is 0 Å². The number of anilines is 1. The maximum absolute atomic E-state index is 13.8. The lowest BCUT2D eigenvalue weighted by Crippen LogP contribution is -2.99. The summed E-state index contributed by atoms with van der Waals surface area (Å²) in [6.45, 7) is 2.07. The molecular weight excluding hydrogens is 392 g/mol. The number of imide groups is 1. The van der Waals surface area contributed by atoms with Crippen LogP contribution >= 0.6 is 0 Å². The Morgan fingerprint density at radius 1 is 0.903 bits per heavy atom. The van der Waals surface area contributed by atoms with Crippen LogP contribution in [-0.2, 0) is 15.0 Å². The van der Waals surface area contributed by atoms with Crippen molar-refractivity contribution in [2.24, 2.45) is 11.8 Å². The predicted molar refractivity (Wildman–Crippen MR) is 113 cm³/mol. The molecule has 3 atom stereocenters. The molecule has 1 heterocycles. The second kappa shape index (κ2) is 6.11. The molecule has 31 heavy (non-hydrogen) atoms. The van der Waals surface area contributed by atoms with Crippen molar-refractivity contribution < 1.29 is 20.0 Å². The fourth-order valence-electron chi connectivity index (χ4n) is 6.18. The molecule has 3 aliphatic carbocycles. The Hall–Kier alpha value is -3.32. The molecule has 1 fully saturated rings. The monoisotopic (exact) mass is 412 g/mol. The first-order valence-corrected chi connectivity index (χ1v) is 10.3. The molecule has 1 saturated heterocycles. The van der Waals surface area contributed by atoms with Crippen LogP contribution < -0.4 is 10.1 Å². The maximum Gasteiger partial charge on any atom is 0.238 e. The van der Waals surface area contributed by atoms with Crippen LogP contribution in [0.5, 0.6) is 0 Å². The Labute approximate surface area is 178 Å². The predicted octanol–water partition coefficient (Wildman–Crippen LogP) is 2.66. The molecule has 1 aliphatic heterocycles. The van der Waals surface area contributed by atoms with Gasteiger partial charge in [-0.05, 0) is 28.3 Å². The molecule has 4 aliphatic rings. The standard InChI is InChI=1S/C25H20N2O4/c1-25-18-11-4-2-9-16(18)20(17-10-3-5-12-19(17)25)21-22(25)24(29)26(23(21)28)14-7-6-8-15(13-14)27(30)31/h2-13,20-22,27,30H,1H3/t20?,21-,22-,25?/m1/s1. The van der Waals surface area contributed by atoms with Gasteiger partial charge < -0.3 is 5.21 Å². The average molecular weight is 412 g/mol. The molecule has 6 nitrogen and oxygen atoms in total. The summed E-state index contributed by atoms with van der Waals surface area (Å²) in [6.07, 6.45) is 0. The van der Waals surface area contributed by atoms with Crippen molar-refractivity contribution in [3.05, 3.63) is 100 Å². The minimum Gasteiger partial charge on any atom is -0.595 e. The maximum atomic E-state index is 13.8. The van der Waals surface area contributed by atoms with Gasteiger partial charge in [0.1, 0.15) is 0 Å². The van der Waals surface area contributed by atoms with E-state index in [2.05, 4.69) is 31.2 Å². The Morgan fingerprint density at radius 2 is 1.52 bits per heavy atom. The quantitative estimate of drug-likeness (QED) is 0.501. The third-order valence-corrected chi connectivity index (χ3v) is 7.39. The second-order valence-electron chi connectivity index (χ2n) is 8.73. The molecule has 0 spiro atoms. The molecule has 154 valence electrons. The van der Waals surface area contributed by atoms with Crippen LogP contribution in [0.15, 0.2) is 72.8 Å². The van der Waals surface area contributed by atoms with Gasteiger partial charge in [-0.1, -0.05) is 61.5 Å². The molecule has 7 rings (SSSR count). The van der Waals surface area contributed by atoms with Gasteiger partial charge in [-0.2, -0.15) is 5.23 Å². The van der Waals surface area contributed by atoms with Crippen LogP contribution in [0.4, 0.5) is 11.4 Å². The number of amides is 2. The molecule has 0 radical (unpaired) electrons. The van der Waals surface area contributed by atoms with Crippen molar-refractivity contribution >= 4 is 23.2 Å². The Balaban J connectivity index is 1.58. The van der Waals surface area contributed by atoms with E-state index in [1.807, 2.05) is 24.3 Å². The van der Waals surface area contributed by atoms with Gasteiger partial charge in [-0.15, -0.1) is 0 Å². The van der Waals surface area contributed by atoms with Crippen molar-refractivity contribution in [3.63, 3.8) is 0 Å². The highest BCUT2D eigenvalue weighted by atomic mass is 16.8. The van der Waals surface area contributed by atoms with Gasteiger partial charge in [0.15, 0.2) is 5.69 Å². The second-order valence-corrected chi connectivity index (χ2v) is 8.73. The molecule has 3 aromatic carbocycles. The zero-order chi connectivity index (χ0) is 21.5. The number of hydrogen-bond donors (Lipinski definition) is 2. The number of benzene rings is 3. The van der Waals surface area contributed by atoms with Crippen molar-refractivity contribution in [3.8, 4) is 0 Å². The molecule has 6 heteroatoms. The van der Waals surface area contributed by atoms with Gasteiger partial charge in [0.25, 0.3) is 0 Å². The van der Waals surface area contributed by atoms with Crippen molar-refractivity contribution in [2.75, 3.05) is 4.90 Å². The van der Waals surface area contributed by atoms with Crippen LogP contribution in [0.3, 0.4) is 0 Å². The Bertz CT molecular complexity index is 1220. The van der Waals surface area contributed by atoms with E-state index in [4.69, 9.17) is 0 Å². The number of rotatable bonds is 2. The molecule has 0 aromatic heterocycles. The van der Waals surface area contributed by atoms with Gasteiger partial charge in [0.05, 0.1) is 17.5 Å². The van der Waals surface area contributed by atoms with Gasteiger partial charge in [-0.3, -0.25) is 9.59 Å². The summed E-state index contributed by atoms with van der Waals surface area (Å²) in [5.41, 5.74) is 4.15. The molecule has 0 saturated carbocycles. The summed E-state index contributed by atoms with van der Waals surface area (Å²) in [7, 11) is 0. The van der Waals surface area contributed by atoms with Crippen LogP contribution in [0.25, 0.3) is 0 Å². The molecule has 2 N–H and O–H groups in total. The van der Waals surface area contributed by atoms with Crippen molar-refractivity contribution in [2.45, 2.75) is 18.3 Å². The number of carbonyl (C=O) groups is 2. The zero-order valence-electron chi connectivity index (χ0n) is 16.8. The highest BCUT2D eigenvalue weighted by molar-refractivity contribution is 6.23. The number of carbonyl (C=O) groups excluding carboxylic acids is 2. The lowest BCUT2D eigenvalue weighted by Gasteiger charge is -2.52. The number of nitrogens with one attached hydrogen (secondary N) is 1. The first-order chi connectivity index (χ1) is 14.9. The molecule has 3 aromatic rings. The first kappa shape index (κ1) is 18.4. The van der Waals surface area contributed by atoms with Crippen molar-refractivity contribution in [1.82, 2.24) is 0 Å². The minimum absolute atomic E-state index is 0.0497. The van der Waals surface area contributed by atoms with E-state index in [0.29, 0.717) is 5.69 Å². The Morgan fingerprint density at radius 3 is 2.13 bits per heavy atom. The van der Waals surface area contributed by atoms with Gasteiger partial charge in [0.2, 0.25) is 11.8 Å². The topological polar surface area (TPSA) is 85.1 Å². The fourth-order valence-corrected chi connectivity index (χ4v) is 6.18. The third kappa shape index (κ3) is 2.16. The van der Waals surface area contributed by atoms with E-state index in [9.17, 15) is 20.0 Å². The zero-order valence-corrected chi connectivity index (χ0v) is 16.8. The SMILES string of the molecule is CC12c3ccccc3C(c3ccccc31)[C@H]1C(=O)N(c3cccc([NH+]([O-])O)c3)C(=O)[C@@H]12. The number of hydrogen-bond acceptors (Lipinski definition) is 4. The Kier molecular flexibility index (Phi) is 3.63. The lowest BCUT2D eigenvalue weighted by atomic mass is 9.48. The van der Waals surface area contributed by atoms with E-state index in [0.717, 1.165) is 22.3 Å².